The van der Waals surface area contributed by atoms with Gasteiger partial charge in [0.05, 0.1) is 5.54 Å². The van der Waals surface area contributed by atoms with Crippen molar-refractivity contribution in [2.45, 2.75) is 19.4 Å². The van der Waals surface area contributed by atoms with Gasteiger partial charge in [-0.25, -0.2) is 0 Å². The second-order valence-corrected chi connectivity index (χ2v) is 3.84. The van der Waals surface area contributed by atoms with Gasteiger partial charge in [0.2, 0.25) is 0 Å². The number of hydrogen-bond donors (Lipinski definition) is 1. The third-order valence-electron chi connectivity index (χ3n) is 1.78. The third kappa shape index (κ3) is 1.52. The van der Waals surface area contributed by atoms with Gasteiger partial charge in [-0.05, 0) is 30.9 Å². The van der Waals surface area contributed by atoms with Crippen LogP contribution in [-0.4, -0.2) is 0 Å². The van der Waals surface area contributed by atoms with Crippen molar-refractivity contribution in [1.82, 2.24) is 0 Å². The van der Waals surface area contributed by atoms with E-state index >= 15 is 0 Å². The smallest absolute Gasteiger partial charge is 0.0660 e. The zero-order chi connectivity index (χ0) is 8.48. The molecule has 11 heavy (non-hydrogen) atoms. The van der Waals surface area contributed by atoms with Gasteiger partial charge in [0.25, 0.3) is 0 Å². The van der Waals surface area contributed by atoms with Crippen LogP contribution in [0.15, 0.2) is 24.1 Å². The summed E-state index contributed by atoms with van der Waals surface area (Å²) >= 11 is 1.68. The maximum Gasteiger partial charge on any atom is 0.0660 e. The van der Waals surface area contributed by atoms with Crippen LogP contribution in [0.3, 0.4) is 0 Å². The van der Waals surface area contributed by atoms with Gasteiger partial charge < -0.3 is 5.73 Å². The fourth-order valence-electron chi connectivity index (χ4n) is 1.02. The van der Waals surface area contributed by atoms with Crippen LogP contribution in [0.1, 0.15) is 17.4 Å². The fourth-order valence-corrected chi connectivity index (χ4v) is 2.02. The molecule has 1 aromatic heterocycles. The Morgan fingerprint density at radius 3 is 2.73 bits per heavy atom. The molecular weight excluding hydrogens is 154 g/mol. The van der Waals surface area contributed by atoms with Crippen LogP contribution in [0.2, 0.25) is 0 Å². The summed E-state index contributed by atoms with van der Waals surface area (Å²) in [4.78, 5) is 1.20. The molecule has 0 radical (unpaired) electrons. The van der Waals surface area contributed by atoms with E-state index in [4.69, 9.17) is 5.73 Å². The number of aryl methyl sites for hydroxylation is 1. The topological polar surface area (TPSA) is 26.0 Å². The summed E-state index contributed by atoms with van der Waals surface area (Å²) in [6.45, 7) is 7.75. The highest BCUT2D eigenvalue weighted by atomic mass is 32.1. The normalized spacial score (nSPS) is 15.9. The van der Waals surface area contributed by atoms with E-state index in [1.165, 1.54) is 10.4 Å². The molecule has 1 atom stereocenters. The molecule has 0 fully saturated rings. The SMILES string of the molecule is C=C[C@@](C)(N)c1sccc1C. The van der Waals surface area contributed by atoms with Gasteiger partial charge in [0.1, 0.15) is 0 Å². The maximum absolute atomic E-state index is 5.97. The van der Waals surface area contributed by atoms with E-state index in [-0.39, 0.29) is 5.54 Å². The average molecular weight is 167 g/mol. The van der Waals surface area contributed by atoms with Crippen LogP contribution in [0.25, 0.3) is 0 Å². The van der Waals surface area contributed by atoms with Crippen LogP contribution in [0, 0.1) is 6.92 Å². The summed E-state index contributed by atoms with van der Waals surface area (Å²) in [6.07, 6.45) is 1.78. The Balaban J connectivity index is 3.10. The molecule has 1 heterocycles. The molecule has 0 aromatic carbocycles. The monoisotopic (exact) mass is 167 g/mol. The van der Waals surface area contributed by atoms with Crippen LogP contribution in [0.4, 0.5) is 0 Å². The molecule has 0 bridgehead atoms. The lowest BCUT2D eigenvalue weighted by atomic mass is 9.99. The molecule has 0 saturated carbocycles. The van der Waals surface area contributed by atoms with Gasteiger partial charge in [-0.1, -0.05) is 6.08 Å². The van der Waals surface area contributed by atoms with Crippen molar-refractivity contribution >= 4 is 11.3 Å². The van der Waals surface area contributed by atoms with Gasteiger partial charge in [0.15, 0.2) is 0 Å². The highest BCUT2D eigenvalue weighted by Crippen LogP contribution is 2.27. The molecular formula is C9H13NS. The van der Waals surface area contributed by atoms with Gasteiger partial charge in [-0.15, -0.1) is 17.9 Å². The molecule has 2 N–H and O–H groups in total. The first kappa shape index (κ1) is 8.50. The predicted octanol–water partition coefficient (Wildman–Crippen LogP) is 2.42. The third-order valence-corrected chi connectivity index (χ3v) is 3.05. The Morgan fingerprint density at radius 1 is 1.73 bits per heavy atom. The van der Waals surface area contributed by atoms with Gasteiger partial charge in [-0.3, -0.25) is 0 Å². The lowest BCUT2D eigenvalue weighted by molar-refractivity contribution is 0.642. The minimum absolute atomic E-state index is 0.363. The summed E-state index contributed by atoms with van der Waals surface area (Å²) in [5.74, 6) is 0. The van der Waals surface area contributed by atoms with Crippen LogP contribution in [0.5, 0.6) is 0 Å². The Morgan fingerprint density at radius 2 is 2.36 bits per heavy atom. The Labute approximate surface area is 71.5 Å². The highest BCUT2D eigenvalue weighted by Gasteiger charge is 2.19. The van der Waals surface area contributed by atoms with Gasteiger partial charge in [-0.2, -0.15) is 0 Å². The summed E-state index contributed by atoms with van der Waals surface area (Å²) in [5, 5.41) is 2.05. The Kier molecular flexibility index (Phi) is 2.16. The van der Waals surface area contributed by atoms with E-state index in [1.54, 1.807) is 17.4 Å². The number of hydrogen-bond acceptors (Lipinski definition) is 2. The predicted molar refractivity (Wildman–Crippen MR) is 50.8 cm³/mol. The van der Waals surface area contributed by atoms with E-state index in [9.17, 15) is 0 Å². The van der Waals surface area contributed by atoms with Crippen molar-refractivity contribution < 1.29 is 0 Å². The molecule has 2 heteroatoms. The van der Waals surface area contributed by atoms with Crippen LogP contribution < -0.4 is 5.73 Å². The first-order valence-electron chi connectivity index (χ1n) is 3.55. The minimum Gasteiger partial charge on any atom is -0.318 e. The Bertz CT molecular complexity index is 260. The molecule has 0 aliphatic carbocycles. The lowest BCUT2D eigenvalue weighted by Crippen LogP contribution is -2.29. The molecule has 0 spiro atoms. The lowest BCUT2D eigenvalue weighted by Gasteiger charge is -2.18. The summed E-state index contributed by atoms with van der Waals surface area (Å²) in [5.41, 5.74) is 6.86. The number of nitrogens with two attached hydrogens (primary N) is 1. The standard InChI is InChI=1S/C9H13NS/c1-4-9(3,10)8-7(2)5-6-11-8/h4-6H,1,10H2,2-3H3/t9-/m1/s1. The second kappa shape index (κ2) is 2.80. The quantitative estimate of drug-likeness (QED) is 0.673. The molecule has 0 saturated heterocycles. The zero-order valence-electron chi connectivity index (χ0n) is 6.92. The molecule has 1 aromatic rings. The summed E-state index contributed by atoms with van der Waals surface area (Å²) in [6, 6.07) is 2.08. The van der Waals surface area contributed by atoms with Crippen LogP contribution in [-0.2, 0) is 5.54 Å². The minimum atomic E-state index is -0.363. The summed E-state index contributed by atoms with van der Waals surface area (Å²) < 4.78 is 0. The molecule has 0 unspecified atom stereocenters. The molecule has 0 aliphatic heterocycles. The molecule has 0 aliphatic rings. The van der Waals surface area contributed by atoms with Crippen molar-refractivity contribution in [3.63, 3.8) is 0 Å². The highest BCUT2D eigenvalue weighted by molar-refractivity contribution is 7.10. The number of thiophene rings is 1. The average Bonchev–Trinajstić information content (AvgIpc) is 2.36. The first-order valence-corrected chi connectivity index (χ1v) is 4.43. The second-order valence-electron chi connectivity index (χ2n) is 2.92. The van der Waals surface area contributed by atoms with Gasteiger partial charge >= 0.3 is 0 Å². The number of rotatable bonds is 2. The largest absolute Gasteiger partial charge is 0.318 e. The first-order chi connectivity index (χ1) is 5.08. The molecule has 1 rings (SSSR count). The fraction of sp³-hybridized carbons (Fsp3) is 0.333. The van der Waals surface area contributed by atoms with E-state index in [0.717, 1.165) is 0 Å². The van der Waals surface area contributed by atoms with E-state index in [1.807, 2.05) is 6.92 Å². The van der Waals surface area contributed by atoms with Crippen molar-refractivity contribution in [3.8, 4) is 0 Å². The van der Waals surface area contributed by atoms with Crippen molar-refractivity contribution in [3.05, 3.63) is 34.5 Å². The zero-order valence-corrected chi connectivity index (χ0v) is 7.74. The van der Waals surface area contributed by atoms with E-state index in [2.05, 4.69) is 24.9 Å². The maximum atomic E-state index is 5.97. The van der Waals surface area contributed by atoms with Gasteiger partial charge in [0, 0.05) is 4.88 Å². The summed E-state index contributed by atoms with van der Waals surface area (Å²) in [7, 11) is 0. The molecule has 60 valence electrons. The van der Waals surface area contributed by atoms with Crippen LogP contribution >= 0.6 is 11.3 Å². The molecule has 0 amide bonds. The van der Waals surface area contributed by atoms with Crippen molar-refractivity contribution in [2.75, 3.05) is 0 Å². The van der Waals surface area contributed by atoms with E-state index < -0.39 is 0 Å². The van der Waals surface area contributed by atoms with E-state index in [0.29, 0.717) is 0 Å². The van der Waals surface area contributed by atoms with Crippen molar-refractivity contribution in [2.24, 2.45) is 5.73 Å². The van der Waals surface area contributed by atoms with Crippen molar-refractivity contribution in [1.29, 1.82) is 0 Å². The molecule has 1 nitrogen and oxygen atoms in total. The Hall–Kier alpha value is -0.600.